The molecule has 0 amide bonds. The van der Waals surface area contributed by atoms with Crippen molar-refractivity contribution in [1.82, 2.24) is 10.2 Å². The summed E-state index contributed by atoms with van der Waals surface area (Å²) in [4.78, 5) is 2.50. The van der Waals surface area contributed by atoms with Gasteiger partial charge < -0.3 is 10.1 Å². The number of nitrogens with one attached hydrogen (secondary N) is 1. The lowest BCUT2D eigenvalue weighted by Crippen LogP contribution is -2.40. The van der Waals surface area contributed by atoms with Gasteiger partial charge in [0, 0.05) is 18.1 Å². The summed E-state index contributed by atoms with van der Waals surface area (Å²) >= 11 is 5.84. The van der Waals surface area contributed by atoms with Crippen molar-refractivity contribution in [3.8, 4) is 5.75 Å². The molecule has 1 heterocycles. The van der Waals surface area contributed by atoms with Crippen LogP contribution in [-0.4, -0.2) is 44.7 Å². The molecule has 1 N–H and O–H groups in total. The first-order chi connectivity index (χ1) is 9.28. The van der Waals surface area contributed by atoms with Crippen molar-refractivity contribution >= 4 is 24.0 Å². The zero-order chi connectivity index (χ0) is 13.5. The Morgan fingerprint density at radius 2 is 2.10 bits per heavy atom. The average Bonchev–Trinajstić information content (AvgIpc) is 2.42. The normalized spacial score (nSPS) is 19.4. The van der Waals surface area contributed by atoms with E-state index in [-0.39, 0.29) is 12.4 Å². The molecule has 0 aliphatic carbocycles. The summed E-state index contributed by atoms with van der Waals surface area (Å²) in [7, 11) is 2.03. The van der Waals surface area contributed by atoms with Gasteiger partial charge in [0.15, 0.2) is 0 Å². The standard InChI is InChI=1S/C15H23ClN2O.ClH/c1-17-11-13-3-2-8-18(12-13)9-10-19-15-6-4-14(16)5-7-15;/h4-7,13,17H,2-3,8-12H2,1H3;1H. The van der Waals surface area contributed by atoms with Crippen molar-refractivity contribution in [3.05, 3.63) is 29.3 Å². The number of likely N-dealkylation sites (tertiary alicyclic amines) is 1. The molecule has 114 valence electrons. The lowest BCUT2D eigenvalue weighted by Gasteiger charge is -2.32. The molecule has 1 aromatic carbocycles. The first kappa shape index (κ1) is 17.6. The molecule has 1 unspecified atom stereocenters. The summed E-state index contributed by atoms with van der Waals surface area (Å²) in [5.41, 5.74) is 0. The van der Waals surface area contributed by atoms with Gasteiger partial charge in [-0.15, -0.1) is 12.4 Å². The minimum absolute atomic E-state index is 0. The fraction of sp³-hybridized carbons (Fsp3) is 0.600. The Morgan fingerprint density at radius 1 is 1.35 bits per heavy atom. The summed E-state index contributed by atoms with van der Waals surface area (Å²) in [5, 5.41) is 4.02. The predicted molar refractivity (Wildman–Crippen MR) is 87.3 cm³/mol. The molecule has 1 aliphatic rings. The van der Waals surface area contributed by atoms with Crippen LogP contribution in [0.25, 0.3) is 0 Å². The molecule has 1 atom stereocenters. The van der Waals surface area contributed by atoms with E-state index in [1.165, 1.54) is 25.9 Å². The third kappa shape index (κ3) is 5.88. The molecule has 0 bridgehead atoms. The van der Waals surface area contributed by atoms with Gasteiger partial charge in [0.1, 0.15) is 12.4 Å². The van der Waals surface area contributed by atoms with Crippen LogP contribution in [0, 0.1) is 5.92 Å². The van der Waals surface area contributed by atoms with Crippen LogP contribution in [-0.2, 0) is 0 Å². The van der Waals surface area contributed by atoms with E-state index in [0.29, 0.717) is 0 Å². The Balaban J connectivity index is 0.00000200. The van der Waals surface area contributed by atoms with Gasteiger partial charge in [-0.3, -0.25) is 4.90 Å². The van der Waals surface area contributed by atoms with Crippen molar-refractivity contribution in [1.29, 1.82) is 0 Å². The Bertz CT molecular complexity index is 371. The van der Waals surface area contributed by atoms with Crippen LogP contribution in [0.3, 0.4) is 0 Å². The maximum atomic E-state index is 5.84. The van der Waals surface area contributed by atoms with Gasteiger partial charge in [-0.25, -0.2) is 0 Å². The second-order valence-corrected chi connectivity index (χ2v) is 5.61. The van der Waals surface area contributed by atoms with Crippen molar-refractivity contribution in [2.45, 2.75) is 12.8 Å². The predicted octanol–water partition coefficient (Wildman–Crippen LogP) is 3.07. The Labute approximate surface area is 133 Å². The van der Waals surface area contributed by atoms with Crippen LogP contribution in [0.1, 0.15) is 12.8 Å². The molecule has 1 aromatic rings. The van der Waals surface area contributed by atoms with Crippen molar-refractivity contribution in [2.75, 3.05) is 39.8 Å². The van der Waals surface area contributed by atoms with E-state index in [1.807, 2.05) is 31.3 Å². The van der Waals surface area contributed by atoms with Crippen LogP contribution in [0.5, 0.6) is 5.75 Å². The quantitative estimate of drug-likeness (QED) is 0.872. The zero-order valence-corrected chi connectivity index (χ0v) is 13.6. The SMILES string of the molecule is CNCC1CCCN(CCOc2ccc(Cl)cc2)C1.Cl. The van der Waals surface area contributed by atoms with Crippen LogP contribution in [0.15, 0.2) is 24.3 Å². The monoisotopic (exact) mass is 318 g/mol. The van der Waals surface area contributed by atoms with Gasteiger partial charge in [0.25, 0.3) is 0 Å². The molecule has 0 radical (unpaired) electrons. The number of nitrogens with zero attached hydrogens (tertiary/aromatic N) is 1. The first-order valence-electron chi connectivity index (χ1n) is 7.03. The minimum Gasteiger partial charge on any atom is -0.492 e. The summed E-state index contributed by atoms with van der Waals surface area (Å²) in [5.74, 6) is 1.68. The highest BCUT2D eigenvalue weighted by molar-refractivity contribution is 6.30. The Morgan fingerprint density at radius 3 is 2.80 bits per heavy atom. The molecule has 0 aromatic heterocycles. The molecule has 5 heteroatoms. The number of hydrogen-bond acceptors (Lipinski definition) is 3. The third-order valence-corrected chi connectivity index (χ3v) is 3.84. The third-order valence-electron chi connectivity index (χ3n) is 3.59. The van der Waals surface area contributed by atoms with Gasteiger partial charge in [-0.2, -0.15) is 0 Å². The largest absolute Gasteiger partial charge is 0.492 e. The summed E-state index contributed by atoms with van der Waals surface area (Å²) in [6.45, 7) is 5.25. The van der Waals surface area contributed by atoms with Crippen LogP contribution < -0.4 is 10.1 Å². The molecule has 20 heavy (non-hydrogen) atoms. The van der Waals surface area contributed by atoms with Crippen LogP contribution >= 0.6 is 24.0 Å². The number of piperidine rings is 1. The van der Waals surface area contributed by atoms with Gasteiger partial charge >= 0.3 is 0 Å². The number of ether oxygens (including phenoxy) is 1. The molecule has 1 saturated heterocycles. The molecule has 3 nitrogen and oxygen atoms in total. The number of hydrogen-bond donors (Lipinski definition) is 1. The van der Waals surface area contributed by atoms with E-state index in [9.17, 15) is 0 Å². The van der Waals surface area contributed by atoms with Crippen LogP contribution in [0.4, 0.5) is 0 Å². The maximum Gasteiger partial charge on any atom is 0.119 e. The summed E-state index contributed by atoms with van der Waals surface area (Å²) < 4.78 is 5.74. The first-order valence-corrected chi connectivity index (χ1v) is 7.41. The summed E-state index contributed by atoms with van der Waals surface area (Å²) in [6.07, 6.45) is 2.64. The van der Waals surface area contributed by atoms with Gasteiger partial charge in [-0.05, 0) is 63.2 Å². The second kappa shape index (κ2) is 9.46. The molecule has 2 rings (SSSR count). The van der Waals surface area contributed by atoms with E-state index < -0.39 is 0 Å². The van der Waals surface area contributed by atoms with E-state index >= 15 is 0 Å². The van der Waals surface area contributed by atoms with Gasteiger partial charge in [-0.1, -0.05) is 11.6 Å². The lowest BCUT2D eigenvalue weighted by molar-refractivity contribution is 0.146. The van der Waals surface area contributed by atoms with Crippen LogP contribution in [0.2, 0.25) is 5.02 Å². The molecule has 1 aliphatic heterocycles. The smallest absolute Gasteiger partial charge is 0.119 e. The van der Waals surface area contributed by atoms with Crippen molar-refractivity contribution in [2.24, 2.45) is 5.92 Å². The highest BCUT2D eigenvalue weighted by Gasteiger charge is 2.18. The van der Waals surface area contributed by atoms with Crippen molar-refractivity contribution < 1.29 is 4.74 Å². The topological polar surface area (TPSA) is 24.5 Å². The van der Waals surface area contributed by atoms with Gasteiger partial charge in [0.2, 0.25) is 0 Å². The highest BCUT2D eigenvalue weighted by Crippen LogP contribution is 2.17. The van der Waals surface area contributed by atoms with E-state index in [0.717, 1.165) is 36.4 Å². The molecule has 0 spiro atoms. The Kier molecular flexibility index (Phi) is 8.31. The number of benzene rings is 1. The van der Waals surface area contributed by atoms with Crippen molar-refractivity contribution in [3.63, 3.8) is 0 Å². The highest BCUT2D eigenvalue weighted by atomic mass is 35.5. The summed E-state index contributed by atoms with van der Waals surface area (Å²) in [6, 6.07) is 7.56. The second-order valence-electron chi connectivity index (χ2n) is 5.17. The minimum atomic E-state index is 0. The number of halogens is 2. The molecule has 0 saturated carbocycles. The fourth-order valence-electron chi connectivity index (χ4n) is 2.63. The lowest BCUT2D eigenvalue weighted by atomic mass is 9.98. The van der Waals surface area contributed by atoms with Gasteiger partial charge in [0.05, 0.1) is 0 Å². The zero-order valence-electron chi connectivity index (χ0n) is 12.0. The average molecular weight is 319 g/mol. The Hall–Kier alpha value is -0.480. The molecule has 1 fully saturated rings. The maximum absolute atomic E-state index is 5.84. The van der Waals surface area contributed by atoms with E-state index in [4.69, 9.17) is 16.3 Å². The fourth-order valence-corrected chi connectivity index (χ4v) is 2.76. The van der Waals surface area contributed by atoms with E-state index in [2.05, 4.69) is 10.2 Å². The molecular formula is C15H24Cl2N2O. The number of rotatable bonds is 6. The molecular weight excluding hydrogens is 295 g/mol. The van der Waals surface area contributed by atoms with E-state index in [1.54, 1.807) is 0 Å².